The molecule has 13 heavy (non-hydrogen) atoms. The maximum Gasteiger partial charge on any atom is 0.152 e. The van der Waals surface area contributed by atoms with Gasteiger partial charge in [0.1, 0.15) is 4.83 Å². The zero-order valence-corrected chi connectivity index (χ0v) is 9.97. The summed E-state index contributed by atoms with van der Waals surface area (Å²) in [6.07, 6.45) is 1.52. The Labute approximate surface area is 87.8 Å². The summed E-state index contributed by atoms with van der Waals surface area (Å²) in [5.41, 5.74) is -0.859. The first-order chi connectivity index (χ1) is 5.86. The van der Waals surface area contributed by atoms with Crippen molar-refractivity contribution in [3.8, 4) is 0 Å². The first kappa shape index (κ1) is 11.2. The van der Waals surface area contributed by atoms with Crippen molar-refractivity contribution in [2.75, 3.05) is 0 Å². The second-order valence-corrected chi connectivity index (χ2v) is 5.43. The Bertz CT molecular complexity index is 207. The molecule has 0 aromatic heterocycles. The van der Waals surface area contributed by atoms with Crippen molar-refractivity contribution < 1.29 is 9.90 Å². The third-order valence-corrected chi connectivity index (χ3v) is 4.37. The lowest BCUT2D eigenvalue weighted by Crippen LogP contribution is -2.48. The normalized spacial score (nSPS) is 41.2. The molecule has 0 heterocycles. The van der Waals surface area contributed by atoms with Gasteiger partial charge in [0.25, 0.3) is 0 Å². The van der Waals surface area contributed by atoms with Crippen molar-refractivity contribution in [2.45, 2.75) is 44.0 Å². The molecule has 0 radical (unpaired) electrons. The minimum atomic E-state index is -0.859. The summed E-state index contributed by atoms with van der Waals surface area (Å²) in [4.78, 5) is 11.4. The van der Waals surface area contributed by atoms with Crippen molar-refractivity contribution >= 4 is 21.7 Å². The van der Waals surface area contributed by atoms with Crippen LogP contribution in [-0.4, -0.2) is 21.3 Å². The summed E-state index contributed by atoms with van der Waals surface area (Å²) >= 11 is 3.28. The Kier molecular flexibility index (Phi) is 3.18. The van der Waals surface area contributed by atoms with Crippen molar-refractivity contribution in [3.05, 3.63) is 0 Å². The smallest absolute Gasteiger partial charge is 0.152 e. The molecule has 1 fully saturated rings. The lowest BCUT2D eigenvalue weighted by molar-refractivity contribution is -0.132. The minimum Gasteiger partial charge on any atom is -0.389 e. The van der Waals surface area contributed by atoms with Gasteiger partial charge in [0.2, 0.25) is 0 Å². The highest BCUT2D eigenvalue weighted by atomic mass is 79.9. The van der Waals surface area contributed by atoms with Crippen LogP contribution in [0.5, 0.6) is 0 Å². The van der Waals surface area contributed by atoms with Crippen LogP contribution in [0.2, 0.25) is 0 Å². The number of halogens is 1. The maximum absolute atomic E-state index is 11.8. The molecule has 0 spiro atoms. The Morgan fingerprint density at radius 1 is 1.62 bits per heavy atom. The highest BCUT2D eigenvalue weighted by molar-refractivity contribution is 9.10. The molecule has 0 aromatic rings. The van der Waals surface area contributed by atoms with Gasteiger partial charge < -0.3 is 5.11 Å². The fourth-order valence-electron chi connectivity index (χ4n) is 1.87. The molecule has 1 aliphatic carbocycles. The van der Waals surface area contributed by atoms with Crippen molar-refractivity contribution in [3.63, 3.8) is 0 Å². The lowest BCUT2D eigenvalue weighted by Gasteiger charge is -2.37. The van der Waals surface area contributed by atoms with Crippen LogP contribution in [0.1, 0.15) is 33.6 Å². The van der Waals surface area contributed by atoms with Gasteiger partial charge >= 0.3 is 0 Å². The van der Waals surface area contributed by atoms with Gasteiger partial charge in [0.05, 0.1) is 5.60 Å². The molecule has 3 atom stereocenters. The van der Waals surface area contributed by atoms with Crippen LogP contribution in [0.15, 0.2) is 0 Å². The molecule has 1 saturated carbocycles. The molecule has 2 nitrogen and oxygen atoms in total. The van der Waals surface area contributed by atoms with Crippen LogP contribution >= 0.6 is 15.9 Å². The summed E-state index contributed by atoms with van der Waals surface area (Å²) < 4.78 is 0. The number of hydrogen-bond acceptors (Lipinski definition) is 2. The summed E-state index contributed by atoms with van der Waals surface area (Å²) in [6, 6.07) is 0. The average Bonchev–Trinajstić information content (AvgIpc) is 2.00. The predicted octanol–water partition coefficient (Wildman–Crippen LogP) is 2.14. The number of aliphatic hydroxyl groups is 1. The molecule has 3 unspecified atom stereocenters. The molecule has 0 aliphatic heterocycles. The maximum atomic E-state index is 11.8. The molecular weight excluding hydrogens is 232 g/mol. The Morgan fingerprint density at radius 3 is 2.62 bits per heavy atom. The first-order valence-corrected chi connectivity index (χ1v) is 5.68. The minimum absolute atomic E-state index is 0.115. The Hall–Kier alpha value is 0.110. The third-order valence-electron chi connectivity index (χ3n) is 2.93. The summed E-state index contributed by atoms with van der Waals surface area (Å²) in [7, 11) is 0. The number of Topliss-reactive ketones (excluding diaryl/α,β-unsaturated/α-hetero) is 1. The molecule has 0 saturated heterocycles. The van der Waals surface area contributed by atoms with Gasteiger partial charge in [-0.05, 0) is 25.7 Å². The number of rotatable bonds is 1. The van der Waals surface area contributed by atoms with E-state index in [0.29, 0.717) is 12.3 Å². The molecular formula is C10H17BrO2. The zero-order valence-electron chi connectivity index (χ0n) is 8.38. The Balaban J connectivity index is 2.77. The van der Waals surface area contributed by atoms with E-state index in [1.165, 1.54) is 0 Å². The Morgan fingerprint density at radius 2 is 2.15 bits per heavy atom. The number of carbonyl (C=O) groups excluding carboxylic acids is 1. The van der Waals surface area contributed by atoms with E-state index >= 15 is 0 Å². The molecule has 0 bridgehead atoms. The molecule has 1 aliphatic rings. The van der Waals surface area contributed by atoms with Crippen molar-refractivity contribution in [1.29, 1.82) is 0 Å². The van der Waals surface area contributed by atoms with Gasteiger partial charge in [-0.15, -0.1) is 0 Å². The summed E-state index contributed by atoms with van der Waals surface area (Å²) in [5.74, 6) is 0.652. The standard InChI is InChI=1S/C10H17BrO2/c1-6(2)7-4-5-10(3,13)9(11)8(7)12/h6-7,9,13H,4-5H2,1-3H3. The number of ketones is 1. The average molecular weight is 249 g/mol. The molecule has 1 N–H and O–H groups in total. The van der Waals surface area contributed by atoms with Gasteiger partial charge in [-0.2, -0.15) is 0 Å². The van der Waals surface area contributed by atoms with Gasteiger partial charge in [0, 0.05) is 5.92 Å². The van der Waals surface area contributed by atoms with Crippen LogP contribution in [0.3, 0.4) is 0 Å². The van der Waals surface area contributed by atoms with Gasteiger partial charge in [-0.25, -0.2) is 0 Å². The van der Waals surface area contributed by atoms with Crippen LogP contribution in [0.4, 0.5) is 0 Å². The van der Waals surface area contributed by atoms with Gasteiger partial charge in [-0.1, -0.05) is 29.8 Å². The van der Waals surface area contributed by atoms with Crippen molar-refractivity contribution in [2.24, 2.45) is 11.8 Å². The molecule has 0 aromatic carbocycles. The largest absolute Gasteiger partial charge is 0.389 e. The van der Waals surface area contributed by atoms with Gasteiger partial charge in [0.15, 0.2) is 5.78 Å². The molecule has 3 heteroatoms. The summed E-state index contributed by atoms with van der Waals surface area (Å²) in [6.45, 7) is 5.84. The molecule has 0 amide bonds. The van der Waals surface area contributed by atoms with Crippen LogP contribution in [0.25, 0.3) is 0 Å². The topological polar surface area (TPSA) is 37.3 Å². The van der Waals surface area contributed by atoms with Crippen LogP contribution < -0.4 is 0 Å². The second kappa shape index (κ2) is 3.70. The van der Waals surface area contributed by atoms with Gasteiger partial charge in [-0.3, -0.25) is 4.79 Å². The van der Waals surface area contributed by atoms with Crippen LogP contribution in [0, 0.1) is 11.8 Å². The molecule has 76 valence electrons. The van der Waals surface area contributed by atoms with E-state index in [4.69, 9.17) is 0 Å². The van der Waals surface area contributed by atoms with E-state index in [1.54, 1.807) is 6.92 Å². The van der Waals surface area contributed by atoms with E-state index in [9.17, 15) is 9.90 Å². The zero-order chi connectivity index (χ0) is 10.2. The van der Waals surface area contributed by atoms with Crippen LogP contribution in [-0.2, 0) is 4.79 Å². The quantitative estimate of drug-likeness (QED) is 0.723. The highest BCUT2D eigenvalue weighted by Gasteiger charge is 2.44. The number of hydrogen-bond donors (Lipinski definition) is 1. The van der Waals surface area contributed by atoms with E-state index in [0.717, 1.165) is 6.42 Å². The third kappa shape index (κ3) is 2.13. The first-order valence-electron chi connectivity index (χ1n) is 4.76. The summed E-state index contributed by atoms with van der Waals surface area (Å²) in [5, 5.41) is 9.85. The number of alkyl halides is 1. The van der Waals surface area contributed by atoms with E-state index < -0.39 is 5.60 Å². The fraction of sp³-hybridized carbons (Fsp3) is 0.900. The predicted molar refractivity (Wildman–Crippen MR) is 55.9 cm³/mol. The lowest BCUT2D eigenvalue weighted by atomic mass is 9.74. The SMILES string of the molecule is CC(C)C1CCC(C)(O)C(Br)C1=O. The highest BCUT2D eigenvalue weighted by Crippen LogP contribution is 2.36. The van der Waals surface area contributed by atoms with E-state index in [1.807, 2.05) is 0 Å². The van der Waals surface area contributed by atoms with E-state index in [2.05, 4.69) is 29.8 Å². The monoisotopic (exact) mass is 248 g/mol. The van der Waals surface area contributed by atoms with Crippen molar-refractivity contribution in [1.82, 2.24) is 0 Å². The van der Waals surface area contributed by atoms with E-state index in [-0.39, 0.29) is 16.5 Å². The second-order valence-electron chi connectivity index (χ2n) is 4.51. The molecule has 1 rings (SSSR count). The number of carbonyl (C=O) groups is 1. The fourth-order valence-corrected chi connectivity index (χ4v) is 2.44.